The summed E-state index contributed by atoms with van der Waals surface area (Å²) < 4.78 is 0. The smallest absolute Gasteiger partial charge is 0.317 e. The van der Waals surface area contributed by atoms with Crippen LogP contribution in [0.4, 0.5) is 4.79 Å². The predicted octanol–water partition coefficient (Wildman–Crippen LogP) is 3.27. The lowest BCUT2D eigenvalue weighted by atomic mass is 10.1. The van der Waals surface area contributed by atoms with E-state index in [2.05, 4.69) is 52.2 Å². The van der Waals surface area contributed by atoms with Crippen LogP contribution in [0.15, 0.2) is 29.8 Å². The third-order valence-corrected chi connectivity index (χ3v) is 6.09. The van der Waals surface area contributed by atoms with Gasteiger partial charge in [-0.2, -0.15) is 0 Å². The molecule has 7 heteroatoms. The molecule has 3 heterocycles. The van der Waals surface area contributed by atoms with E-state index in [9.17, 15) is 4.79 Å². The van der Waals surface area contributed by atoms with Crippen molar-refractivity contribution in [2.24, 2.45) is 0 Å². The minimum Gasteiger partial charge on any atom is -0.358 e. The number of carbonyl (C=O) groups is 1. The van der Waals surface area contributed by atoms with E-state index in [1.54, 1.807) is 17.5 Å². The highest BCUT2D eigenvalue weighted by molar-refractivity contribution is 7.09. The van der Waals surface area contributed by atoms with Gasteiger partial charge in [-0.05, 0) is 37.1 Å². The first kappa shape index (κ1) is 18.0. The average Bonchev–Trinajstić information content (AvgIpc) is 3.29. The second kappa shape index (κ2) is 7.70. The Morgan fingerprint density at radius 1 is 1.26 bits per heavy atom. The summed E-state index contributed by atoms with van der Waals surface area (Å²) >= 11 is 1.56. The number of nitrogens with zero attached hydrogens (tertiary/aromatic N) is 3. The Morgan fingerprint density at radius 2 is 2.07 bits per heavy atom. The Labute approximate surface area is 163 Å². The monoisotopic (exact) mass is 383 g/mol. The summed E-state index contributed by atoms with van der Waals surface area (Å²) in [4.78, 5) is 24.3. The normalized spacial score (nSPS) is 15.4. The predicted molar refractivity (Wildman–Crippen MR) is 109 cm³/mol. The molecule has 3 aromatic rings. The summed E-state index contributed by atoms with van der Waals surface area (Å²) in [6.07, 6.45) is 1.76. The zero-order valence-corrected chi connectivity index (χ0v) is 16.6. The molecule has 1 aliphatic rings. The highest BCUT2D eigenvalue weighted by atomic mass is 32.1. The summed E-state index contributed by atoms with van der Waals surface area (Å²) in [6.45, 7) is 9.03. The maximum atomic E-state index is 12.3. The molecule has 0 aliphatic carbocycles. The van der Waals surface area contributed by atoms with Crippen LogP contribution in [0.5, 0.6) is 0 Å². The molecule has 1 aliphatic heterocycles. The fourth-order valence-electron chi connectivity index (χ4n) is 3.58. The number of piperazine rings is 1. The number of aromatic nitrogens is 2. The van der Waals surface area contributed by atoms with E-state index in [0.29, 0.717) is 6.54 Å². The third-order valence-electron chi connectivity index (χ3n) is 5.31. The van der Waals surface area contributed by atoms with Crippen molar-refractivity contribution in [3.8, 4) is 0 Å². The summed E-state index contributed by atoms with van der Waals surface area (Å²) in [5.74, 6) is 0. The summed E-state index contributed by atoms with van der Waals surface area (Å²) in [6, 6.07) is 6.67. The molecule has 1 fully saturated rings. The van der Waals surface area contributed by atoms with E-state index >= 15 is 0 Å². The van der Waals surface area contributed by atoms with E-state index in [1.165, 1.54) is 27.7 Å². The Bertz CT molecular complexity index is 925. The zero-order valence-electron chi connectivity index (χ0n) is 15.8. The van der Waals surface area contributed by atoms with Crippen molar-refractivity contribution >= 4 is 28.3 Å². The molecule has 1 aromatic carbocycles. The molecular weight excluding hydrogens is 358 g/mol. The lowest BCUT2D eigenvalue weighted by Crippen LogP contribution is -2.51. The molecule has 2 aromatic heterocycles. The molecule has 0 radical (unpaired) electrons. The number of carbonyl (C=O) groups excluding carboxylic acids is 1. The number of benzene rings is 1. The molecule has 142 valence electrons. The van der Waals surface area contributed by atoms with Gasteiger partial charge in [0.05, 0.1) is 6.54 Å². The van der Waals surface area contributed by atoms with Crippen LogP contribution in [0.1, 0.15) is 21.8 Å². The molecule has 4 rings (SSSR count). The molecule has 2 amide bonds. The van der Waals surface area contributed by atoms with Crippen LogP contribution in [-0.2, 0) is 13.1 Å². The quantitative estimate of drug-likeness (QED) is 0.727. The molecule has 2 N–H and O–H groups in total. The number of urea groups is 1. The molecule has 6 nitrogen and oxygen atoms in total. The lowest BCUT2D eigenvalue weighted by Gasteiger charge is -2.34. The number of thiazole rings is 1. The van der Waals surface area contributed by atoms with Gasteiger partial charge in [-0.15, -0.1) is 11.3 Å². The maximum Gasteiger partial charge on any atom is 0.317 e. The fourth-order valence-corrected chi connectivity index (χ4v) is 4.13. The van der Waals surface area contributed by atoms with Crippen molar-refractivity contribution in [2.45, 2.75) is 26.9 Å². The number of hydrogen-bond donors (Lipinski definition) is 2. The molecule has 27 heavy (non-hydrogen) atoms. The van der Waals surface area contributed by atoms with Gasteiger partial charge in [0.2, 0.25) is 0 Å². The average molecular weight is 384 g/mol. The molecule has 0 bridgehead atoms. The summed E-state index contributed by atoms with van der Waals surface area (Å²) in [5, 5.41) is 7.13. The molecule has 0 atom stereocenters. The van der Waals surface area contributed by atoms with Crippen LogP contribution in [0.3, 0.4) is 0 Å². The summed E-state index contributed by atoms with van der Waals surface area (Å²) in [5.41, 5.74) is 5.09. The first-order valence-corrected chi connectivity index (χ1v) is 10.2. The molecular formula is C20H25N5OS. The van der Waals surface area contributed by atoms with Gasteiger partial charge in [-0.3, -0.25) is 4.90 Å². The van der Waals surface area contributed by atoms with Crippen molar-refractivity contribution in [1.82, 2.24) is 25.1 Å². The van der Waals surface area contributed by atoms with Crippen LogP contribution in [0, 0.1) is 13.8 Å². The maximum absolute atomic E-state index is 12.3. The van der Waals surface area contributed by atoms with Crippen molar-refractivity contribution < 1.29 is 4.79 Å². The Morgan fingerprint density at radius 3 is 2.81 bits per heavy atom. The van der Waals surface area contributed by atoms with Gasteiger partial charge in [-0.25, -0.2) is 9.78 Å². The minimum atomic E-state index is 0.00434. The number of H-pyrrole nitrogens is 1. The van der Waals surface area contributed by atoms with Crippen LogP contribution >= 0.6 is 11.3 Å². The van der Waals surface area contributed by atoms with E-state index < -0.39 is 0 Å². The largest absolute Gasteiger partial charge is 0.358 e. The SMILES string of the molecule is Cc1[nH]c2ccc(CN3CCN(C(=O)NCc4nccs4)CC3)cc2c1C. The zero-order chi connectivity index (χ0) is 18.8. The number of nitrogens with one attached hydrogen (secondary N) is 2. The van der Waals surface area contributed by atoms with Crippen molar-refractivity contribution in [2.75, 3.05) is 26.2 Å². The van der Waals surface area contributed by atoms with Crippen LogP contribution in [0.25, 0.3) is 10.9 Å². The molecule has 1 saturated heterocycles. The topological polar surface area (TPSA) is 64.3 Å². The van der Waals surface area contributed by atoms with Gasteiger partial charge >= 0.3 is 6.03 Å². The second-order valence-corrected chi connectivity index (χ2v) is 8.08. The number of aryl methyl sites for hydroxylation is 2. The van der Waals surface area contributed by atoms with Gasteiger partial charge in [0.15, 0.2) is 0 Å². The standard InChI is InChI=1S/C20H25N5OS/c1-14-15(2)23-18-4-3-16(11-17(14)18)13-24-6-8-25(9-7-24)20(26)22-12-19-21-5-10-27-19/h3-5,10-11,23H,6-9,12-13H2,1-2H3,(H,22,26). The third kappa shape index (κ3) is 3.99. The molecule has 0 saturated carbocycles. The minimum absolute atomic E-state index is 0.00434. The van der Waals surface area contributed by atoms with Crippen LogP contribution in [-0.4, -0.2) is 52.0 Å². The molecule has 0 spiro atoms. The van der Waals surface area contributed by atoms with Gasteiger partial charge in [0.1, 0.15) is 5.01 Å². The highest BCUT2D eigenvalue weighted by Gasteiger charge is 2.21. The van der Waals surface area contributed by atoms with E-state index in [1.807, 2.05) is 10.3 Å². The number of amides is 2. The van der Waals surface area contributed by atoms with Crippen molar-refractivity contribution in [3.63, 3.8) is 0 Å². The van der Waals surface area contributed by atoms with Crippen LogP contribution < -0.4 is 5.32 Å². The van der Waals surface area contributed by atoms with E-state index in [-0.39, 0.29) is 6.03 Å². The van der Waals surface area contributed by atoms with E-state index in [0.717, 1.165) is 37.7 Å². The van der Waals surface area contributed by atoms with Gasteiger partial charge < -0.3 is 15.2 Å². The summed E-state index contributed by atoms with van der Waals surface area (Å²) in [7, 11) is 0. The first-order chi connectivity index (χ1) is 13.1. The number of aromatic amines is 1. The number of rotatable bonds is 4. The molecule has 0 unspecified atom stereocenters. The Balaban J connectivity index is 1.30. The van der Waals surface area contributed by atoms with Crippen molar-refractivity contribution in [1.29, 1.82) is 0 Å². The van der Waals surface area contributed by atoms with Crippen LogP contribution in [0.2, 0.25) is 0 Å². The number of hydrogen-bond acceptors (Lipinski definition) is 4. The number of fused-ring (bicyclic) bond motifs is 1. The lowest BCUT2D eigenvalue weighted by molar-refractivity contribution is 0.135. The highest BCUT2D eigenvalue weighted by Crippen LogP contribution is 2.23. The van der Waals surface area contributed by atoms with Gasteiger partial charge in [0, 0.05) is 60.9 Å². The van der Waals surface area contributed by atoms with Gasteiger partial charge in [-0.1, -0.05) is 6.07 Å². The first-order valence-electron chi connectivity index (χ1n) is 9.31. The second-order valence-electron chi connectivity index (χ2n) is 7.10. The van der Waals surface area contributed by atoms with Gasteiger partial charge in [0.25, 0.3) is 0 Å². The fraction of sp³-hybridized carbons (Fsp3) is 0.400. The Kier molecular flexibility index (Phi) is 5.13. The van der Waals surface area contributed by atoms with Crippen molar-refractivity contribution in [3.05, 3.63) is 51.6 Å². The Hall–Kier alpha value is -2.38. The van der Waals surface area contributed by atoms with E-state index in [4.69, 9.17) is 0 Å².